The molecule has 0 aliphatic carbocycles. The highest BCUT2D eigenvalue weighted by Crippen LogP contribution is 2.17. The fraction of sp³-hybridized carbons (Fsp3) is 0.316. The van der Waals surface area contributed by atoms with Crippen molar-refractivity contribution < 1.29 is 4.79 Å². The van der Waals surface area contributed by atoms with Gasteiger partial charge in [0.15, 0.2) is 0 Å². The Morgan fingerprint density at radius 3 is 2.76 bits per heavy atom. The summed E-state index contributed by atoms with van der Waals surface area (Å²) in [7, 11) is 0. The van der Waals surface area contributed by atoms with Crippen LogP contribution in [-0.4, -0.2) is 48.6 Å². The molecule has 0 spiro atoms. The number of anilines is 1. The SMILES string of the molecule is Cc1cccc(C(=O)NCN2CCN(c3ncccc3C#N)CC2)c1. The van der Waals surface area contributed by atoms with Gasteiger partial charge in [-0.3, -0.25) is 9.69 Å². The van der Waals surface area contributed by atoms with E-state index in [0.29, 0.717) is 17.8 Å². The molecule has 1 aromatic carbocycles. The molecule has 128 valence electrons. The van der Waals surface area contributed by atoms with Gasteiger partial charge in [0.05, 0.1) is 12.2 Å². The molecule has 1 amide bonds. The van der Waals surface area contributed by atoms with Crippen LogP contribution in [0.5, 0.6) is 0 Å². The highest BCUT2D eigenvalue weighted by molar-refractivity contribution is 5.94. The Balaban J connectivity index is 1.51. The summed E-state index contributed by atoms with van der Waals surface area (Å²) < 4.78 is 0. The van der Waals surface area contributed by atoms with Crippen LogP contribution in [0.25, 0.3) is 0 Å². The van der Waals surface area contributed by atoms with E-state index >= 15 is 0 Å². The molecule has 0 atom stereocenters. The molecule has 2 heterocycles. The summed E-state index contributed by atoms with van der Waals surface area (Å²) in [5.41, 5.74) is 2.36. The van der Waals surface area contributed by atoms with E-state index in [1.54, 1.807) is 18.3 Å². The topological polar surface area (TPSA) is 72.3 Å². The number of aryl methyl sites for hydroxylation is 1. The van der Waals surface area contributed by atoms with Crippen molar-refractivity contribution in [2.24, 2.45) is 0 Å². The lowest BCUT2D eigenvalue weighted by atomic mass is 10.1. The molecular formula is C19H21N5O. The van der Waals surface area contributed by atoms with Crippen LogP contribution in [0, 0.1) is 18.3 Å². The number of pyridine rings is 1. The van der Waals surface area contributed by atoms with Crippen molar-refractivity contribution in [1.82, 2.24) is 15.2 Å². The van der Waals surface area contributed by atoms with E-state index in [-0.39, 0.29) is 5.91 Å². The average Bonchev–Trinajstić information content (AvgIpc) is 2.66. The molecule has 0 bridgehead atoms. The molecule has 1 N–H and O–H groups in total. The Bertz CT molecular complexity index is 790. The van der Waals surface area contributed by atoms with E-state index in [1.165, 1.54) is 0 Å². The number of hydrogen-bond acceptors (Lipinski definition) is 5. The number of benzene rings is 1. The molecule has 6 heteroatoms. The smallest absolute Gasteiger partial charge is 0.252 e. The molecular weight excluding hydrogens is 314 g/mol. The summed E-state index contributed by atoms with van der Waals surface area (Å²) in [6, 6.07) is 13.3. The van der Waals surface area contributed by atoms with Crippen LogP contribution in [-0.2, 0) is 0 Å². The van der Waals surface area contributed by atoms with Gasteiger partial charge in [-0.25, -0.2) is 4.98 Å². The van der Waals surface area contributed by atoms with Crippen LogP contribution in [0.3, 0.4) is 0 Å². The largest absolute Gasteiger partial charge is 0.353 e. The van der Waals surface area contributed by atoms with Gasteiger partial charge < -0.3 is 10.2 Å². The van der Waals surface area contributed by atoms with E-state index in [9.17, 15) is 10.1 Å². The van der Waals surface area contributed by atoms with Crippen molar-refractivity contribution in [2.45, 2.75) is 6.92 Å². The first-order valence-electron chi connectivity index (χ1n) is 8.34. The maximum absolute atomic E-state index is 12.2. The third-order valence-electron chi connectivity index (χ3n) is 4.32. The Morgan fingerprint density at radius 1 is 1.24 bits per heavy atom. The van der Waals surface area contributed by atoms with Crippen molar-refractivity contribution in [3.8, 4) is 6.07 Å². The minimum atomic E-state index is -0.0531. The summed E-state index contributed by atoms with van der Waals surface area (Å²) in [5, 5.41) is 12.2. The van der Waals surface area contributed by atoms with Gasteiger partial charge in [-0.05, 0) is 31.2 Å². The van der Waals surface area contributed by atoms with Crippen LogP contribution in [0.1, 0.15) is 21.5 Å². The number of nitriles is 1. The van der Waals surface area contributed by atoms with Crippen LogP contribution >= 0.6 is 0 Å². The number of hydrogen-bond donors (Lipinski definition) is 1. The summed E-state index contributed by atoms with van der Waals surface area (Å²) in [4.78, 5) is 20.9. The molecule has 3 rings (SSSR count). The number of carbonyl (C=O) groups excluding carboxylic acids is 1. The van der Waals surface area contributed by atoms with E-state index in [2.05, 4.69) is 26.2 Å². The summed E-state index contributed by atoms with van der Waals surface area (Å²) in [6.07, 6.45) is 1.71. The third-order valence-corrected chi connectivity index (χ3v) is 4.32. The van der Waals surface area contributed by atoms with Gasteiger partial charge in [0.2, 0.25) is 0 Å². The van der Waals surface area contributed by atoms with Crippen molar-refractivity contribution in [3.63, 3.8) is 0 Å². The van der Waals surface area contributed by atoms with Crippen LogP contribution < -0.4 is 10.2 Å². The Morgan fingerprint density at radius 2 is 2.04 bits per heavy atom. The zero-order valence-electron chi connectivity index (χ0n) is 14.3. The molecule has 1 fully saturated rings. The number of nitrogens with zero attached hydrogens (tertiary/aromatic N) is 4. The van der Waals surface area contributed by atoms with Crippen molar-refractivity contribution in [1.29, 1.82) is 5.26 Å². The standard InChI is InChI=1S/C19H21N5O/c1-15-4-2-5-16(12-15)19(25)22-14-23-8-10-24(11-9-23)18-17(13-20)6-3-7-21-18/h2-7,12H,8-11,14H2,1H3,(H,22,25). The van der Waals surface area contributed by atoms with Gasteiger partial charge in [0, 0.05) is 37.9 Å². The molecule has 25 heavy (non-hydrogen) atoms. The lowest BCUT2D eigenvalue weighted by molar-refractivity contribution is 0.0920. The number of rotatable bonds is 4. The maximum Gasteiger partial charge on any atom is 0.252 e. The zero-order valence-corrected chi connectivity index (χ0v) is 14.3. The van der Waals surface area contributed by atoms with Crippen molar-refractivity contribution in [2.75, 3.05) is 37.7 Å². The van der Waals surface area contributed by atoms with Gasteiger partial charge in [0.25, 0.3) is 5.91 Å². The fourth-order valence-electron chi connectivity index (χ4n) is 2.93. The maximum atomic E-state index is 12.2. The fourth-order valence-corrected chi connectivity index (χ4v) is 2.93. The van der Waals surface area contributed by atoms with Crippen molar-refractivity contribution >= 4 is 11.7 Å². The summed E-state index contributed by atoms with van der Waals surface area (Å²) >= 11 is 0. The minimum Gasteiger partial charge on any atom is -0.353 e. The third kappa shape index (κ3) is 4.14. The Labute approximate surface area is 147 Å². The first kappa shape index (κ1) is 16.9. The normalized spacial score (nSPS) is 14.8. The summed E-state index contributed by atoms with van der Waals surface area (Å²) in [5.74, 6) is 0.691. The molecule has 1 saturated heterocycles. The average molecular weight is 335 g/mol. The molecule has 0 radical (unpaired) electrons. The Hall–Kier alpha value is -2.91. The van der Waals surface area contributed by atoms with E-state index in [4.69, 9.17) is 0 Å². The Kier molecular flexibility index (Phi) is 5.26. The monoisotopic (exact) mass is 335 g/mol. The first-order valence-corrected chi connectivity index (χ1v) is 8.34. The van der Waals surface area contributed by atoms with Crippen LogP contribution in [0.2, 0.25) is 0 Å². The van der Waals surface area contributed by atoms with Crippen LogP contribution in [0.15, 0.2) is 42.6 Å². The number of piperazine rings is 1. The molecule has 1 aliphatic rings. The van der Waals surface area contributed by atoms with E-state index in [0.717, 1.165) is 37.6 Å². The second-order valence-electron chi connectivity index (χ2n) is 6.12. The predicted octanol–water partition coefficient (Wildman–Crippen LogP) is 1.77. The van der Waals surface area contributed by atoms with Crippen LogP contribution in [0.4, 0.5) is 5.82 Å². The second-order valence-corrected chi connectivity index (χ2v) is 6.12. The van der Waals surface area contributed by atoms with Crippen molar-refractivity contribution in [3.05, 3.63) is 59.3 Å². The second kappa shape index (κ2) is 7.77. The molecule has 1 aromatic heterocycles. The number of aromatic nitrogens is 1. The van der Waals surface area contributed by atoms with Gasteiger partial charge >= 0.3 is 0 Å². The molecule has 6 nitrogen and oxygen atoms in total. The lowest BCUT2D eigenvalue weighted by Crippen LogP contribution is -2.50. The molecule has 0 saturated carbocycles. The molecule has 2 aromatic rings. The molecule has 1 aliphatic heterocycles. The zero-order chi connectivity index (χ0) is 17.6. The van der Waals surface area contributed by atoms with Gasteiger partial charge in [-0.15, -0.1) is 0 Å². The number of carbonyl (C=O) groups is 1. The highest BCUT2D eigenvalue weighted by atomic mass is 16.1. The quantitative estimate of drug-likeness (QED) is 0.922. The molecule has 0 unspecified atom stereocenters. The van der Waals surface area contributed by atoms with E-state index < -0.39 is 0 Å². The van der Waals surface area contributed by atoms with Gasteiger partial charge in [0.1, 0.15) is 11.9 Å². The number of amides is 1. The number of nitrogens with one attached hydrogen (secondary N) is 1. The summed E-state index contributed by atoms with van der Waals surface area (Å²) in [6.45, 7) is 5.69. The highest BCUT2D eigenvalue weighted by Gasteiger charge is 2.20. The minimum absolute atomic E-state index is 0.0531. The predicted molar refractivity (Wildman–Crippen MR) is 96.3 cm³/mol. The first-order chi connectivity index (χ1) is 12.2. The lowest BCUT2D eigenvalue weighted by Gasteiger charge is -2.35. The van der Waals surface area contributed by atoms with Gasteiger partial charge in [-0.2, -0.15) is 5.26 Å². The van der Waals surface area contributed by atoms with E-state index in [1.807, 2.05) is 31.2 Å². The van der Waals surface area contributed by atoms with Gasteiger partial charge in [-0.1, -0.05) is 17.7 Å².